The van der Waals surface area contributed by atoms with Crippen molar-refractivity contribution in [1.82, 2.24) is 4.90 Å². The molecule has 3 rings (SSSR count). The molecule has 0 aromatic heterocycles. The molecule has 4 heteroatoms. The van der Waals surface area contributed by atoms with Gasteiger partial charge >= 0.3 is 6.03 Å². The topological polar surface area (TPSA) is 41.6 Å². The van der Waals surface area contributed by atoms with Crippen molar-refractivity contribution in [2.45, 2.75) is 18.9 Å². The van der Waals surface area contributed by atoms with Crippen molar-refractivity contribution < 1.29 is 9.53 Å². The molecular formula is C18H20N2O2. The lowest BCUT2D eigenvalue weighted by atomic mass is 10.1. The lowest BCUT2D eigenvalue weighted by Crippen LogP contribution is -2.43. The van der Waals surface area contributed by atoms with Gasteiger partial charge in [-0.1, -0.05) is 36.4 Å². The van der Waals surface area contributed by atoms with Gasteiger partial charge in [-0.3, -0.25) is 0 Å². The molecule has 2 amide bonds. The number of para-hydroxylation sites is 2. The molecule has 114 valence electrons. The Hall–Kier alpha value is -2.49. The van der Waals surface area contributed by atoms with Crippen LogP contribution < -0.4 is 10.1 Å². The summed E-state index contributed by atoms with van der Waals surface area (Å²) in [6, 6.07) is 19.4. The number of benzene rings is 2. The minimum atomic E-state index is -0.0376. The number of piperidine rings is 1. The molecule has 1 aliphatic heterocycles. The van der Waals surface area contributed by atoms with Crippen molar-refractivity contribution in [2.24, 2.45) is 0 Å². The molecule has 2 aromatic carbocycles. The summed E-state index contributed by atoms with van der Waals surface area (Å²) in [6.07, 6.45) is 1.90. The van der Waals surface area contributed by atoms with Gasteiger partial charge in [0.25, 0.3) is 0 Å². The minimum absolute atomic E-state index is 0.0376. The smallest absolute Gasteiger partial charge is 0.321 e. The Morgan fingerprint density at radius 3 is 2.18 bits per heavy atom. The predicted molar refractivity (Wildman–Crippen MR) is 87.1 cm³/mol. The van der Waals surface area contributed by atoms with E-state index in [0.29, 0.717) is 0 Å². The maximum Gasteiger partial charge on any atom is 0.321 e. The molecule has 0 saturated carbocycles. The Kier molecular flexibility index (Phi) is 4.59. The highest BCUT2D eigenvalue weighted by molar-refractivity contribution is 5.89. The molecule has 1 N–H and O–H groups in total. The minimum Gasteiger partial charge on any atom is -0.490 e. The lowest BCUT2D eigenvalue weighted by Gasteiger charge is -2.32. The van der Waals surface area contributed by atoms with E-state index in [4.69, 9.17) is 4.74 Å². The first kappa shape index (κ1) is 14.4. The van der Waals surface area contributed by atoms with Crippen LogP contribution >= 0.6 is 0 Å². The van der Waals surface area contributed by atoms with E-state index < -0.39 is 0 Å². The first-order valence-electron chi connectivity index (χ1n) is 7.64. The summed E-state index contributed by atoms with van der Waals surface area (Å²) in [6.45, 7) is 1.44. The highest BCUT2D eigenvalue weighted by atomic mass is 16.5. The van der Waals surface area contributed by atoms with Gasteiger partial charge in [-0.2, -0.15) is 0 Å². The van der Waals surface area contributed by atoms with Crippen molar-refractivity contribution >= 4 is 11.7 Å². The predicted octanol–water partition coefficient (Wildman–Crippen LogP) is 3.76. The number of likely N-dealkylation sites (tertiary alicyclic amines) is 1. The largest absolute Gasteiger partial charge is 0.490 e. The van der Waals surface area contributed by atoms with E-state index in [1.807, 2.05) is 65.6 Å². The van der Waals surface area contributed by atoms with Crippen molar-refractivity contribution in [1.29, 1.82) is 0 Å². The van der Waals surface area contributed by atoms with Gasteiger partial charge in [-0.15, -0.1) is 0 Å². The van der Waals surface area contributed by atoms with Gasteiger partial charge in [0.1, 0.15) is 11.9 Å². The number of nitrogens with zero attached hydrogens (tertiary/aromatic N) is 1. The van der Waals surface area contributed by atoms with Crippen molar-refractivity contribution in [2.75, 3.05) is 18.4 Å². The summed E-state index contributed by atoms with van der Waals surface area (Å²) >= 11 is 0. The van der Waals surface area contributed by atoms with Gasteiger partial charge in [0.05, 0.1) is 0 Å². The number of rotatable bonds is 3. The Morgan fingerprint density at radius 2 is 1.55 bits per heavy atom. The Morgan fingerprint density at radius 1 is 0.955 bits per heavy atom. The van der Waals surface area contributed by atoms with Crippen LogP contribution in [0.15, 0.2) is 60.7 Å². The fourth-order valence-corrected chi connectivity index (χ4v) is 2.59. The molecule has 0 atom stereocenters. The Balaban J connectivity index is 1.48. The van der Waals surface area contributed by atoms with Crippen LogP contribution in [0.5, 0.6) is 5.75 Å². The summed E-state index contributed by atoms with van der Waals surface area (Å²) in [7, 11) is 0. The van der Waals surface area contributed by atoms with Crippen LogP contribution in [0.4, 0.5) is 10.5 Å². The molecule has 0 bridgehead atoms. The van der Waals surface area contributed by atoms with Crippen molar-refractivity contribution in [3.63, 3.8) is 0 Å². The van der Waals surface area contributed by atoms with Gasteiger partial charge in [0.2, 0.25) is 0 Å². The molecule has 1 aliphatic rings. The molecule has 1 fully saturated rings. The number of amides is 2. The second-order valence-electron chi connectivity index (χ2n) is 5.41. The van der Waals surface area contributed by atoms with Crippen LogP contribution in [0.1, 0.15) is 12.8 Å². The van der Waals surface area contributed by atoms with Crippen LogP contribution in [0.3, 0.4) is 0 Å². The van der Waals surface area contributed by atoms with Gasteiger partial charge in [0.15, 0.2) is 0 Å². The average Bonchev–Trinajstić information content (AvgIpc) is 2.57. The highest BCUT2D eigenvalue weighted by Gasteiger charge is 2.23. The molecule has 1 heterocycles. The first-order valence-corrected chi connectivity index (χ1v) is 7.64. The number of urea groups is 1. The van der Waals surface area contributed by atoms with Crippen LogP contribution in [0.25, 0.3) is 0 Å². The lowest BCUT2D eigenvalue weighted by molar-refractivity contribution is 0.115. The highest BCUT2D eigenvalue weighted by Crippen LogP contribution is 2.19. The maximum atomic E-state index is 12.2. The van der Waals surface area contributed by atoms with E-state index in [9.17, 15) is 4.79 Å². The van der Waals surface area contributed by atoms with E-state index in [-0.39, 0.29) is 12.1 Å². The third kappa shape index (κ3) is 3.79. The van der Waals surface area contributed by atoms with Gasteiger partial charge in [-0.05, 0) is 24.3 Å². The van der Waals surface area contributed by atoms with Gasteiger partial charge in [0, 0.05) is 31.6 Å². The fraction of sp³-hybridized carbons (Fsp3) is 0.278. The summed E-state index contributed by atoms with van der Waals surface area (Å²) < 4.78 is 5.94. The number of ether oxygens (including phenoxy) is 1. The van der Waals surface area contributed by atoms with E-state index in [2.05, 4.69) is 5.32 Å². The van der Waals surface area contributed by atoms with E-state index in [0.717, 1.165) is 37.4 Å². The van der Waals surface area contributed by atoms with E-state index in [1.54, 1.807) is 0 Å². The number of hydrogen-bond acceptors (Lipinski definition) is 2. The SMILES string of the molecule is O=C(Nc1ccccc1)N1CCC(Oc2ccccc2)CC1. The summed E-state index contributed by atoms with van der Waals surface area (Å²) in [5.41, 5.74) is 0.829. The molecule has 1 saturated heterocycles. The number of nitrogens with one attached hydrogen (secondary N) is 1. The molecule has 0 aliphatic carbocycles. The standard InChI is InChI=1S/C18H20N2O2/c21-18(19-15-7-3-1-4-8-15)20-13-11-17(12-14-20)22-16-9-5-2-6-10-16/h1-10,17H,11-14H2,(H,19,21). The third-order valence-corrected chi connectivity index (χ3v) is 3.80. The molecule has 4 nitrogen and oxygen atoms in total. The summed E-state index contributed by atoms with van der Waals surface area (Å²) in [5.74, 6) is 0.898. The molecule has 2 aromatic rings. The average molecular weight is 296 g/mol. The Labute approximate surface area is 130 Å². The second-order valence-corrected chi connectivity index (χ2v) is 5.41. The van der Waals surface area contributed by atoms with Crippen molar-refractivity contribution in [3.8, 4) is 5.75 Å². The number of carbonyl (C=O) groups excluding carboxylic acids is 1. The summed E-state index contributed by atoms with van der Waals surface area (Å²) in [4.78, 5) is 14.1. The van der Waals surface area contributed by atoms with Crippen molar-refractivity contribution in [3.05, 3.63) is 60.7 Å². The molecule has 0 spiro atoms. The number of anilines is 1. The maximum absolute atomic E-state index is 12.2. The van der Waals surface area contributed by atoms with Crippen LogP contribution in [0.2, 0.25) is 0 Å². The van der Waals surface area contributed by atoms with E-state index in [1.165, 1.54) is 0 Å². The summed E-state index contributed by atoms with van der Waals surface area (Å²) in [5, 5.41) is 2.92. The molecular weight excluding hydrogens is 276 g/mol. The van der Waals surface area contributed by atoms with Crippen LogP contribution in [0, 0.1) is 0 Å². The monoisotopic (exact) mass is 296 g/mol. The number of carbonyl (C=O) groups is 1. The molecule has 22 heavy (non-hydrogen) atoms. The first-order chi connectivity index (χ1) is 10.8. The fourth-order valence-electron chi connectivity index (χ4n) is 2.59. The van der Waals surface area contributed by atoms with E-state index >= 15 is 0 Å². The normalized spacial score (nSPS) is 15.4. The van der Waals surface area contributed by atoms with Gasteiger partial charge < -0.3 is 15.0 Å². The molecule has 0 unspecified atom stereocenters. The zero-order chi connectivity index (χ0) is 15.2. The number of hydrogen-bond donors (Lipinski definition) is 1. The van der Waals surface area contributed by atoms with Gasteiger partial charge in [-0.25, -0.2) is 4.79 Å². The Bertz CT molecular complexity index is 593. The van der Waals surface area contributed by atoms with Crippen LogP contribution in [-0.2, 0) is 0 Å². The molecule has 0 radical (unpaired) electrons. The van der Waals surface area contributed by atoms with Crippen LogP contribution in [-0.4, -0.2) is 30.1 Å². The zero-order valence-corrected chi connectivity index (χ0v) is 12.4. The third-order valence-electron chi connectivity index (χ3n) is 3.80. The second kappa shape index (κ2) is 6.98. The zero-order valence-electron chi connectivity index (χ0n) is 12.4. The quantitative estimate of drug-likeness (QED) is 0.937.